The van der Waals surface area contributed by atoms with Crippen molar-refractivity contribution in [1.29, 1.82) is 5.26 Å². The van der Waals surface area contributed by atoms with Crippen LogP contribution in [-0.2, 0) is 12.8 Å². The van der Waals surface area contributed by atoms with Crippen molar-refractivity contribution in [2.75, 3.05) is 5.75 Å². The van der Waals surface area contributed by atoms with E-state index in [-0.39, 0.29) is 5.91 Å². The third kappa shape index (κ3) is 4.19. The number of benzene rings is 2. The fourth-order valence-electron chi connectivity index (χ4n) is 4.65. The number of nitriles is 1. The number of aryl methyl sites for hydroxylation is 2. The standard InChI is InChI=1S/C28H25N3OS/c1-19-10-12-20(13-11-19)24-15-14-21(18-29)28(30-24)33-17-16-27(32)31-25-8-4-2-6-22(25)23-7-3-5-9-26(23)31/h2,4,6,8,10-15H,3,5,7,9,16-17H2,1H3. The zero-order valence-electron chi connectivity index (χ0n) is 18.7. The highest BCUT2D eigenvalue weighted by atomic mass is 32.2. The van der Waals surface area contributed by atoms with Gasteiger partial charge < -0.3 is 0 Å². The molecule has 33 heavy (non-hydrogen) atoms. The number of thioether (sulfide) groups is 1. The van der Waals surface area contributed by atoms with Crippen LogP contribution in [0.5, 0.6) is 0 Å². The summed E-state index contributed by atoms with van der Waals surface area (Å²) in [6.45, 7) is 2.05. The van der Waals surface area contributed by atoms with Gasteiger partial charge in [-0.05, 0) is 56.4 Å². The summed E-state index contributed by atoms with van der Waals surface area (Å²) in [5.41, 5.74) is 7.16. The molecule has 1 aliphatic carbocycles. The van der Waals surface area contributed by atoms with Gasteiger partial charge in [0.15, 0.2) is 0 Å². The number of nitrogens with zero attached hydrogens (tertiary/aromatic N) is 3. The maximum Gasteiger partial charge on any atom is 0.232 e. The molecule has 5 rings (SSSR count). The van der Waals surface area contributed by atoms with E-state index in [0.717, 1.165) is 36.0 Å². The van der Waals surface area contributed by atoms with Gasteiger partial charge in [0.1, 0.15) is 11.1 Å². The van der Waals surface area contributed by atoms with Crippen LogP contribution in [0.15, 0.2) is 65.7 Å². The molecule has 0 saturated heterocycles. The first kappa shape index (κ1) is 21.5. The zero-order valence-corrected chi connectivity index (χ0v) is 19.5. The average Bonchev–Trinajstić information content (AvgIpc) is 3.19. The summed E-state index contributed by atoms with van der Waals surface area (Å²) >= 11 is 1.48. The highest BCUT2D eigenvalue weighted by molar-refractivity contribution is 7.99. The van der Waals surface area contributed by atoms with E-state index in [4.69, 9.17) is 4.98 Å². The number of aromatic nitrogens is 2. The van der Waals surface area contributed by atoms with Gasteiger partial charge in [0.2, 0.25) is 5.91 Å². The van der Waals surface area contributed by atoms with Gasteiger partial charge in [0.25, 0.3) is 0 Å². The lowest BCUT2D eigenvalue weighted by Crippen LogP contribution is -2.16. The SMILES string of the molecule is Cc1ccc(-c2ccc(C#N)c(SCCC(=O)n3c4c(c5ccccc53)CCCC4)n2)cc1. The first-order valence-corrected chi connectivity index (χ1v) is 12.4. The molecule has 0 N–H and O–H groups in total. The second-order valence-corrected chi connectivity index (χ2v) is 9.59. The van der Waals surface area contributed by atoms with Crippen molar-refractivity contribution in [3.8, 4) is 17.3 Å². The summed E-state index contributed by atoms with van der Waals surface area (Å²) in [7, 11) is 0. The lowest BCUT2D eigenvalue weighted by atomic mass is 9.95. The Morgan fingerprint density at radius 3 is 2.67 bits per heavy atom. The van der Waals surface area contributed by atoms with Gasteiger partial charge in [-0.25, -0.2) is 4.98 Å². The van der Waals surface area contributed by atoms with E-state index in [1.807, 2.05) is 34.9 Å². The first-order chi connectivity index (χ1) is 16.2. The summed E-state index contributed by atoms with van der Waals surface area (Å²) in [5, 5.41) is 11.4. The average molecular weight is 452 g/mol. The second kappa shape index (κ2) is 9.25. The maximum atomic E-state index is 13.3. The monoisotopic (exact) mass is 451 g/mol. The molecule has 0 bridgehead atoms. The highest BCUT2D eigenvalue weighted by Gasteiger charge is 2.23. The van der Waals surface area contributed by atoms with Crippen molar-refractivity contribution in [2.45, 2.75) is 44.1 Å². The molecule has 0 amide bonds. The van der Waals surface area contributed by atoms with Crippen LogP contribution in [-0.4, -0.2) is 21.2 Å². The molecule has 0 radical (unpaired) electrons. The predicted octanol–water partition coefficient (Wildman–Crippen LogP) is 6.58. The summed E-state index contributed by atoms with van der Waals surface area (Å²) in [5.74, 6) is 0.703. The third-order valence-corrected chi connectivity index (χ3v) is 7.30. The van der Waals surface area contributed by atoms with Crippen LogP contribution in [0.25, 0.3) is 22.2 Å². The van der Waals surface area contributed by atoms with E-state index < -0.39 is 0 Å². The fourth-order valence-corrected chi connectivity index (χ4v) is 5.55. The molecule has 1 aliphatic rings. The minimum Gasteiger partial charge on any atom is -0.284 e. The molecular weight excluding hydrogens is 426 g/mol. The van der Waals surface area contributed by atoms with Gasteiger partial charge in [-0.3, -0.25) is 9.36 Å². The minimum absolute atomic E-state index is 0.120. The number of hydrogen-bond acceptors (Lipinski definition) is 4. The Morgan fingerprint density at radius 1 is 1.06 bits per heavy atom. The van der Waals surface area contributed by atoms with E-state index in [1.165, 1.54) is 40.4 Å². The Bertz CT molecular complexity index is 1380. The highest BCUT2D eigenvalue weighted by Crippen LogP contribution is 2.33. The molecule has 0 spiro atoms. The van der Waals surface area contributed by atoms with Crippen molar-refractivity contribution in [2.24, 2.45) is 0 Å². The van der Waals surface area contributed by atoms with Crippen molar-refractivity contribution < 1.29 is 4.79 Å². The van der Waals surface area contributed by atoms with Crippen LogP contribution in [0.4, 0.5) is 0 Å². The third-order valence-electron chi connectivity index (χ3n) is 6.31. The molecule has 2 aromatic carbocycles. The second-order valence-electron chi connectivity index (χ2n) is 8.50. The molecule has 0 aliphatic heterocycles. The molecule has 0 atom stereocenters. The van der Waals surface area contributed by atoms with Crippen molar-refractivity contribution in [3.63, 3.8) is 0 Å². The van der Waals surface area contributed by atoms with E-state index in [9.17, 15) is 10.1 Å². The van der Waals surface area contributed by atoms with Gasteiger partial charge in [-0.15, -0.1) is 11.8 Å². The van der Waals surface area contributed by atoms with Gasteiger partial charge >= 0.3 is 0 Å². The fraction of sp³-hybridized carbons (Fsp3) is 0.250. The summed E-state index contributed by atoms with van der Waals surface area (Å²) in [6, 6.07) is 22.4. The molecule has 0 fully saturated rings. The maximum absolute atomic E-state index is 13.3. The topological polar surface area (TPSA) is 58.7 Å². The lowest BCUT2D eigenvalue weighted by Gasteiger charge is -2.15. The number of para-hydroxylation sites is 1. The van der Waals surface area contributed by atoms with Gasteiger partial charge in [0, 0.05) is 28.8 Å². The molecule has 0 unspecified atom stereocenters. The van der Waals surface area contributed by atoms with E-state index in [2.05, 4.69) is 43.3 Å². The smallest absolute Gasteiger partial charge is 0.232 e. The molecular formula is C28H25N3OS. The predicted molar refractivity (Wildman–Crippen MR) is 134 cm³/mol. The van der Waals surface area contributed by atoms with Crippen LogP contribution < -0.4 is 0 Å². The lowest BCUT2D eigenvalue weighted by molar-refractivity contribution is 0.0912. The van der Waals surface area contributed by atoms with Crippen LogP contribution in [0.2, 0.25) is 0 Å². The quantitative estimate of drug-likeness (QED) is 0.321. The summed E-state index contributed by atoms with van der Waals surface area (Å²) < 4.78 is 1.95. The molecule has 2 heterocycles. The van der Waals surface area contributed by atoms with E-state index >= 15 is 0 Å². The van der Waals surface area contributed by atoms with Crippen molar-refractivity contribution in [1.82, 2.24) is 9.55 Å². The molecule has 0 saturated carbocycles. The number of rotatable bonds is 5. The van der Waals surface area contributed by atoms with Gasteiger partial charge in [0.05, 0.1) is 16.8 Å². The number of fused-ring (bicyclic) bond motifs is 3. The van der Waals surface area contributed by atoms with Crippen LogP contribution in [0.1, 0.15) is 46.4 Å². The Labute approximate surface area is 198 Å². The molecule has 4 nitrogen and oxygen atoms in total. The van der Waals surface area contributed by atoms with E-state index in [0.29, 0.717) is 22.8 Å². The summed E-state index contributed by atoms with van der Waals surface area (Å²) in [6.07, 6.45) is 4.72. The Balaban J connectivity index is 1.36. The van der Waals surface area contributed by atoms with E-state index in [1.54, 1.807) is 0 Å². The molecule has 4 aromatic rings. The summed E-state index contributed by atoms with van der Waals surface area (Å²) in [4.78, 5) is 18.1. The first-order valence-electron chi connectivity index (χ1n) is 11.4. The Hall–Kier alpha value is -3.36. The van der Waals surface area contributed by atoms with Crippen molar-refractivity contribution >= 4 is 28.6 Å². The van der Waals surface area contributed by atoms with Crippen LogP contribution in [0.3, 0.4) is 0 Å². The normalized spacial score (nSPS) is 13.0. The van der Waals surface area contributed by atoms with Gasteiger partial charge in [-0.2, -0.15) is 5.26 Å². The molecule has 164 valence electrons. The van der Waals surface area contributed by atoms with Crippen LogP contribution in [0, 0.1) is 18.3 Å². The Morgan fingerprint density at radius 2 is 1.85 bits per heavy atom. The Kier molecular flexibility index (Phi) is 6.02. The zero-order chi connectivity index (χ0) is 22.8. The molecule has 2 aromatic heterocycles. The van der Waals surface area contributed by atoms with Gasteiger partial charge in [-0.1, -0.05) is 48.0 Å². The number of carbonyl (C=O) groups excluding carboxylic acids is 1. The molecule has 5 heteroatoms. The van der Waals surface area contributed by atoms with Crippen LogP contribution >= 0.6 is 11.8 Å². The number of carbonyl (C=O) groups is 1. The largest absolute Gasteiger partial charge is 0.284 e. The minimum atomic E-state index is 0.120. The number of pyridine rings is 1. The number of hydrogen-bond donors (Lipinski definition) is 0. The van der Waals surface area contributed by atoms with Crippen molar-refractivity contribution in [3.05, 3.63) is 83.0 Å².